The smallest absolute Gasteiger partial charge is 0.270 e. The Labute approximate surface area is 221 Å². The Morgan fingerprint density at radius 3 is 2.44 bits per heavy atom. The molecular formula is C24H27BrN6O4S. The minimum Gasteiger partial charge on any atom is -0.342 e. The highest BCUT2D eigenvalue weighted by Crippen LogP contribution is 2.27. The van der Waals surface area contributed by atoms with Crippen LogP contribution in [0.4, 0.5) is 11.4 Å². The van der Waals surface area contributed by atoms with Gasteiger partial charge in [0.1, 0.15) is 0 Å². The van der Waals surface area contributed by atoms with E-state index in [0.29, 0.717) is 11.0 Å². The Kier molecular flexibility index (Phi) is 8.85. The van der Waals surface area contributed by atoms with Crippen LogP contribution in [-0.4, -0.2) is 37.3 Å². The van der Waals surface area contributed by atoms with E-state index in [4.69, 9.17) is 0 Å². The molecule has 0 bridgehead atoms. The van der Waals surface area contributed by atoms with E-state index in [1.54, 1.807) is 11.6 Å². The van der Waals surface area contributed by atoms with Gasteiger partial charge in [-0.3, -0.25) is 19.7 Å². The number of aromatic nitrogens is 3. The van der Waals surface area contributed by atoms with Gasteiger partial charge in [0.15, 0.2) is 11.0 Å². The van der Waals surface area contributed by atoms with E-state index < -0.39 is 16.9 Å². The molecule has 3 aromatic rings. The van der Waals surface area contributed by atoms with Crippen LogP contribution >= 0.6 is 27.7 Å². The zero-order chi connectivity index (χ0) is 26.6. The van der Waals surface area contributed by atoms with Crippen LogP contribution in [0.25, 0.3) is 0 Å². The van der Waals surface area contributed by atoms with Crippen molar-refractivity contribution >= 4 is 50.9 Å². The zero-order valence-electron chi connectivity index (χ0n) is 20.5. The van der Waals surface area contributed by atoms with Crippen LogP contribution in [0.1, 0.15) is 47.2 Å². The number of amides is 2. The topological polar surface area (TPSA) is 132 Å². The molecule has 1 aromatic heterocycles. The van der Waals surface area contributed by atoms with Crippen molar-refractivity contribution in [2.24, 2.45) is 13.0 Å². The van der Waals surface area contributed by atoms with Gasteiger partial charge in [0.25, 0.3) is 11.6 Å². The lowest BCUT2D eigenvalue weighted by atomic mass is 10.0. The Hall–Kier alpha value is -3.25. The third-order valence-corrected chi connectivity index (χ3v) is 6.99. The van der Waals surface area contributed by atoms with E-state index in [-0.39, 0.29) is 28.8 Å². The number of nitro benzene ring substituents is 1. The Bertz CT molecular complexity index is 1290. The number of carbonyl (C=O) groups is 2. The fourth-order valence-electron chi connectivity index (χ4n) is 3.65. The summed E-state index contributed by atoms with van der Waals surface area (Å²) >= 11 is 4.70. The van der Waals surface area contributed by atoms with Gasteiger partial charge < -0.3 is 15.2 Å². The molecule has 0 aliphatic heterocycles. The first-order valence-electron chi connectivity index (χ1n) is 11.1. The first-order valence-corrected chi connectivity index (χ1v) is 12.9. The highest BCUT2D eigenvalue weighted by atomic mass is 79.9. The molecule has 0 saturated heterocycles. The third-order valence-electron chi connectivity index (χ3n) is 5.51. The molecule has 36 heavy (non-hydrogen) atoms. The number of hydrogen-bond donors (Lipinski definition) is 2. The maximum atomic E-state index is 12.8. The molecule has 1 heterocycles. The van der Waals surface area contributed by atoms with Crippen LogP contribution in [0.3, 0.4) is 0 Å². The number of anilines is 1. The maximum absolute atomic E-state index is 12.8. The van der Waals surface area contributed by atoms with Crippen molar-refractivity contribution in [2.75, 3.05) is 11.1 Å². The zero-order valence-corrected chi connectivity index (χ0v) is 22.9. The van der Waals surface area contributed by atoms with Crippen molar-refractivity contribution in [3.8, 4) is 0 Å². The molecule has 190 valence electrons. The van der Waals surface area contributed by atoms with Crippen LogP contribution < -0.4 is 10.6 Å². The molecule has 0 aliphatic carbocycles. The Morgan fingerprint density at radius 2 is 1.83 bits per heavy atom. The van der Waals surface area contributed by atoms with Crippen LogP contribution in [0.5, 0.6) is 0 Å². The standard InChI is InChI=1S/C24H27BrN6O4S/c1-13(2)20(27-23(33)16-7-6-8-18(11-16)31(34)35)22-28-29-24(30(22)5)36-12-19(32)26-21-14(3)9-17(25)10-15(21)4/h6-11,13,20H,12H2,1-5H3,(H,26,32)(H,27,33)/t20-/m0/s1. The fraction of sp³-hybridized carbons (Fsp3) is 0.333. The number of aryl methyl sites for hydroxylation is 2. The molecule has 0 unspecified atom stereocenters. The highest BCUT2D eigenvalue weighted by molar-refractivity contribution is 9.10. The predicted octanol–water partition coefficient (Wildman–Crippen LogP) is 4.96. The van der Waals surface area contributed by atoms with Crippen LogP contribution in [0.2, 0.25) is 0 Å². The molecule has 0 spiro atoms. The third kappa shape index (κ3) is 6.49. The van der Waals surface area contributed by atoms with Gasteiger partial charge in [-0.05, 0) is 49.1 Å². The van der Waals surface area contributed by atoms with Crippen molar-refractivity contribution in [3.05, 3.63) is 73.5 Å². The first kappa shape index (κ1) is 27.3. The van der Waals surface area contributed by atoms with Gasteiger partial charge in [0.2, 0.25) is 5.91 Å². The normalized spacial score (nSPS) is 11.9. The largest absolute Gasteiger partial charge is 0.342 e. The molecule has 0 radical (unpaired) electrons. The van der Waals surface area contributed by atoms with E-state index in [9.17, 15) is 19.7 Å². The number of thioether (sulfide) groups is 1. The summed E-state index contributed by atoms with van der Waals surface area (Å²) in [5.74, 6) is -0.00848. The van der Waals surface area contributed by atoms with Crippen LogP contribution in [-0.2, 0) is 11.8 Å². The predicted molar refractivity (Wildman–Crippen MR) is 142 cm³/mol. The molecule has 0 aliphatic rings. The number of nitro groups is 1. The molecule has 3 rings (SSSR count). The van der Waals surface area contributed by atoms with Crippen molar-refractivity contribution in [2.45, 2.75) is 38.9 Å². The first-order chi connectivity index (χ1) is 17.0. The number of benzene rings is 2. The molecule has 12 heteroatoms. The summed E-state index contributed by atoms with van der Waals surface area (Å²) < 4.78 is 2.70. The van der Waals surface area contributed by atoms with Crippen molar-refractivity contribution in [1.29, 1.82) is 0 Å². The van der Waals surface area contributed by atoms with Gasteiger partial charge in [-0.15, -0.1) is 10.2 Å². The van der Waals surface area contributed by atoms with E-state index in [2.05, 4.69) is 36.8 Å². The van der Waals surface area contributed by atoms with Gasteiger partial charge in [0.05, 0.1) is 16.7 Å². The van der Waals surface area contributed by atoms with Crippen LogP contribution in [0.15, 0.2) is 46.0 Å². The van der Waals surface area contributed by atoms with Crippen molar-refractivity contribution in [1.82, 2.24) is 20.1 Å². The van der Waals surface area contributed by atoms with Gasteiger partial charge in [-0.25, -0.2) is 0 Å². The summed E-state index contributed by atoms with van der Waals surface area (Å²) in [6, 6.07) is 8.95. The Balaban J connectivity index is 1.70. The summed E-state index contributed by atoms with van der Waals surface area (Å²) in [5.41, 5.74) is 2.72. The second kappa shape index (κ2) is 11.7. The number of nitrogens with zero attached hydrogens (tertiary/aromatic N) is 4. The van der Waals surface area contributed by atoms with Crippen molar-refractivity contribution < 1.29 is 14.5 Å². The highest BCUT2D eigenvalue weighted by Gasteiger charge is 2.26. The lowest BCUT2D eigenvalue weighted by Gasteiger charge is -2.21. The van der Waals surface area contributed by atoms with E-state index in [1.165, 1.54) is 36.0 Å². The minimum absolute atomic E-state index is 0.0416. The average Bonchev–Trinajstić information content (AvgIpc) is 3.17. The van der Waals surface area contributed by atoms with Gasteiger partial charge in [-0.2, -0.15) is 0 Å². The summed E-state index contributed by atoms with van der Waals surface area (Å²) in [7, 11) is 1.77. The molecule has 2 amide bonds. The number of non-ortho nitro benzene ring substituents is 1. The second-order valence-electron chi connectivity index (χ2n) is 8.65. The SMILES string of the molecule is Cc1cc(Br)cc(C)c1NC(=O)CSc1nnc([C@@H](NC(=O)c2cccc([N+](=O)[O-])c2)C(C)C)n1C. The van der Waals surface area contributed by atoms with Crippen LogP contribution in [0, 0.1) is 29.9 Å². The number of carbonyl (C=O) groups excluding carboxylic acids is 2. The van der Waals surface area contributed by atoms with Gasteiger partial charge >= 0.3 is 0 Å². The van der Waals surface area contributed by atoms with E-state index >= 15 is 0 Å². The lowest BCUT2D eigenvalue weighted by molar-refractivity contribution is -0.384. The molecule has 0 saturated carbocycles. The molecule has 2 N–H and O–H groups in total. The summed E-state index contributed by atoms with van der Waals surface area (Å²) in [5, 5.41) is 25.9. The number of rotatable bonds is 9. The van der Waals surface area contributed by atoms with E-state index in [0.717, 1.165) is 21.3 Å². The molecule has 0 fully saturated rings. The number of hydrogen-bond acceptors (Lipinski definition) is 7. The summed E-state index contributed by atoms with van der Waals surface area (Å²) in [6.07, 6.45) is 0. The number of halogens is 1. The minimum atomic E-state index is -0.543. The van der Waals surface area contributed by atoms with E-state index in [1.807, 2.05) is 39.8 Å². The van der Waals surface area contributed by atoms with Gasteiger partial charge in [-0.1, -0.05) is 47.6 Å². The van der Waals surface area contributed by atoms with Gasteiger partial charge in [0, 0.05) is 34.9 Å². The fourth-order valence-corrected chi connectivity index (χ4v) is 5.06. The summed E-state index contributed by atoms with van der Waals surface area (Å²) in [4.78, 5) is 36.0. The monoisotopic (exact) mass is 574 g/mol. The maximum Gasteiger partial charge on any atom is 0.270 e. The Morgan fingerprint density at radius 1 is 1.17 bits per heavy atom. The molecule has 1 atom stereocenters. The lowest BCUT2D eigenvalue weighted by Crippen LogP contribution is -2.33. The molecule has 10 nitrogen and oxygen atoms in total. The average molecular weight is 575 g/mol. The quantitative estimate of drug-likeness (QED) is 0.209. The molecular weight excluding hydrogens is 548 g/mol. The number of nitrogens with one attached hydrogen (secondary N) is 2. The second-order valence-corrected chi connectivity index (χ2v) is 10.5. The summed E-state index contributed by atoms with van der Waals surface area (Å²) in [6.45, 7) is 7.72. The molecule has 2 aromatic carbocycles. The van der Waals surface area contributed by atoms with Crippen molar-refractivity contribution in [3.63, 3.8) is 0 Å².